The van der Waals surface area contributed by atoms with Gasteiger partial charge in [0.2, 0.25) is 5.91 Å². The van der Waals surface area contributed by atoms with Crippen LogP contribution in [0.1, 0.15) is 5.56 Å². The first-order chi connectivity index (χ1) is 14.1. The molecule has 0 radical (unpaired) electrons. The number of hydrogen-bond acceptors (Lipinski definition) is 5. The first-order valence-corrected chi connectivity index (χ1v) is 8.85. The molecule has 0 fully saturated rings. The molecule has 0 aliphatic carbocycles. The summed E-state index contributed by atoms with van der Waals surface area (Å²) >= 11 is 0. The van der Waals surface area contributed by atoms with Gasteiger partial charge in [0.05, 0.1) is 12.8 Å². The summed E-state index contributed by atoms with van der Waals surface area (Å²) in [6, 6.07) is 20.7. The number of methoxy groups -OCH3 is 1. The van der Waals surface area contributed by atoms with Crippen LogP contribution in [-0.2, 0) is 4.79 Å². The van der Waals surface area contributed by atoms with E-state index in [2.05, 4.69) is 10.4 Å². The Morgan fingerprint density at radius 3 is 2.55 bits per heavy atom. The molecule has 1 amide bonds. The lowest BCUT2D eigenvalue weighted by Crippen LogP contribution is -2.13. The maximum atomic E-state index is 12.2. The Labute approximate surface area is 165 Å². The van der Waals surface area contributed by atoms with Crippen molar-refractivity contribution in [3.63, 3.8) is 0 Å². The topological polar surface area (TPSA) is 86.4 Å². The Morgan fingerprint density at radius 1 is 1.07 bits per heavy atom. The zero-order chi connectivity index (χ0) is 20.2. The lowest BCUT2D eigenvalue weighted by molar-refractivity contribution is -0.111. The number of rotatable bonds is 5. The Bertz CT molecular complexity index is 1250. The van der Waals surface area contributed by atoms with Crippen molar-refractivity contribution in [1.82, 2.24) is 9.78 Å². The van der Waals surface area contributed by atoms with Crippen molar-refractivity contribution in [3.8, 4) is 11.8 Å². The minimum absolute atomic E-state index is 0.119. The highest BCUT2D eigenvalue weighted by Gasteiger charge is 2.10. The van der Waals surface area contributed by atoms with Crippen molar-refractivity contribution < 1.29 is 13.9 Å². The average molecular weight is 387 g/mol. The summed E-state index contributed by atoms with van der Waals surface area (Å²) < 4.78 is 10.7. The summed E-state index contributed by atoms with van der Waals surface area (Å²) in [6.45, 7) is 0. The van der Waals surface area contributed by atoms with Gasteiger partial charge < -0.3 is 14.5 Å². The molecular weight excluding hydrogens is 370 g/mol. The molecule has 7 heteroatoms. The van der Waals surface area contributed by atoms with Crippen LogP contribution in [0.5, 0.6) is 6.08 Å². The Kier molecular flexibility index (Phi) is 4.94. The van der Waals surface area contributed by atoms with E-state index in [4.69, 9.17) is 9.15 Å². The van der Waals surface area contributed by atoms with Gasteiger partial charge in [-0.25, -0.2) is 4.79 Å². The number of ether oxygens (including phenoxy) is 1. The van der Waals surface area contributed by atoms with Gasteiger partial charge in [-0.3, -0.25) is 4.79 Å². The minimum Gasteiger partial charge on any atom is -0.452 e. The molecule has 0 saturated carbocycles. The van der Waals surface area contributed by atoms with Crippen molar-refractivity contribution in [1.29, 1.82) is 0 Å². The summed E-state index contributed by atoms with van der Waals surface area (Å²) in [6.07, 6.45) is 3.12. The molecular formula is C22H17N3O4. The summed E-state index contributed by atoms with van der Waals surface area (Å²) in [5.74, 6) is -0.914. The fourth-order valence-corrected chi connectivity index (χ4v) is 2.86. The van der Waals surface area contributed by atoms with E-state index in [1.165, 1.54) is 13.2 Å². The molecule has 29 heavy (non-hydrogen) atoms. The van der Waals surface area contributed by atoms with Crippen molar-refractivity contribution in [3.05, 3.63) is 88.9 Å². The fraction of sp³-hybridized carbons (Fsp3) is 0.0455. The van der Waals surface area contributed by atoms with Crippen LogP contribution in [0.4, 0.5) is 5.69 Å². The van der Waals surface area contributed by atoms with Crippen LogP contribution in [0.2, 0.25) is 0 Å². The largest absolute Gasteiger partial charge is 0.452 e. The average Bonchev–Trinajstić information content (AvgIpc) is 3.13. The van der Waals surface area contributed by atoms with Gasteiger partial charge in [-0.15, -0.1) is 0 Å². The molecule has 1 N–H and O–H groups in total. The van der Waals surface area contributed by atoms with Crippen molar-refractivity contribution in [2.45, 2.75) is 0 Å². The molecule has 4 aromatic rings. The summed E-state index contributed by atoms with van der Waals surface area (Å²) in [5, 5.41) is 8.93. The molecule has 4 rings (SSSR count). The number of aromatic nitrogens is 2. The molecule has 1 aromatic heterocycles. The van der Waals surface area contributed by atoms with E-state index in [0.717, 1.165) is 21.0 Å². The van der Waals surface area contributed by atoms with Gasteiger partial charge in [0.1, 0.15) is 0 Å². The highest BCUT2D eigenvalue weighted by atomic mass is 16.6. The van der Waals surface area contributed by atoms with Gasteiger partial charge in [0.25, 0.3) is 0 Å². The van der Waals surface area contributed by atoms with Crippen LogP contribution in [0.15, 0.2) is 82.0 Å². The summed E-state index contributed by atoms with van der Waals surface area (Å²) in [5.41, 5.74) is 2.02. The van der Waals surface area contributed by atoms with Crippen molar-refractivity contribution >= 4 is 28.4 Å². The van der Waals surface area contributed by atoms with E-state index in [9.17, 15) is 9.59 Å². The fourth-order valence-electron chi connectivity index (χ4n) is 2.86. The van der Waals surface area contributed by atoms with E-state index < -0.39 is 5.76 Å². The van der Waals surface area contributed by atoms with E-state index >= 15 is 0 Å². The molecule has 0 spiro atoms. The second kappa shape index (κ2) is 7.85. The Balaban J connectivity index is 1.44. The Morgan fingerprint density at radius 2 is 1.83 bits per heavy atom. The van der Waals surface area contributed by atoms with Gasteiger partial charge in [-0.05, 0) is 52.7 Å². The van der Waals surface area contributed by atoms with E-state index in [-0.39, 0.29) is 12.0 Å². The number of carbonyl (C=O) groups is 1. The molecule has 7 nitrogen and oxygen atoms in total. The lowest BCUT2D eigenvalue weighted by Gasteiger charge is -2.04. The first kappa shape index (κ1) is 18.2. The third-order valence-electron chi connectivity index (χ3n) is 4.28. The number of fused-ring (bicyclic) bond motifs is 1. The standard InChI is InChI=1S/C22H17N3O4/c1-28-21-24-25(22(27)29-21)19-11-9-18(10-12-19)23-20(26)13-7-15-6-8-16-4-2-3-5-17(16)14-15/h2-14H,1H3,(H,23,26)/b13-7-. The second-order valence-corrected chi connectivity index (χ2v) is 6.23. The molecule has 0 aliphatic rings. The van der Waals surface area contributed by atoms with Gasteiger partial charge in [0, 0.05) is 11.8 Å². The third-order valence-corrected chi connectivity index (χ3v) is 4.28. The second-order valence-electron chi connectivity index (χ2n) is 6.23. The molecule has 0 unspecified atom stereocenters. The number of nitrogens with one attached hydrogen (secondary N) is 1. The highest BCUT2D eigenvalue weighted by Crippen LogP contribution is 2.17. The Hall–Kier alpha value is -4.13. The zero-order valence-corrected chi connectivity index (χ0v) is 15.5. The number of carbonyl (C=O) groups excluding carboxylic acids is 1. The first-order valence-electron chi connectivity index (χ1n) is 8.85. The van der Waals surface area contributed by atoms with Crippen LogP contribution < -0.4 is 15.8 Å². The monoisotopic (exact) mass is 387 g/mol. The van der Waals surface area contributed by atoms with Gasteiger partial charge in [0.15, 0.2) is 0 Å². The molecule has 0 saturated heterocycles. The van der Waals surface area contributed by atoms with Crippen LogP contribution >= 0.6 is 0 Å². The number of amides is 1. The smallest absolute Gasteiger partial charge is 0.444 e. The zero-order valence-electron chi connectivity index (χ0n) is 15.5. The predicted molar refractivity (Wildman–Crippen MR) is 110 cm³/mol. The van der Waals surface area contributed by atoms with Crippen LogP contribution in [0, 0.1) is 0 Å². The SMILES string of the molecule is COc1nn(-c2ccc(NC(=O)/C=C\c3ccc4ccccc4c3)cc2)c(=O)o1. The summed E-state index contributed by atoms with van der Waals surface area (Å²) in [7, 11) is 1.36. The molecule has 0 atom stereocenters. The number of nitrogens with zero attached hydrogens (tertiary/aromatic N) is 2. The molecule has 3 aromatic carbocycles. The maximum Gasteiger partial charge on any atom is 0.444 e. The van der Waals surface area contributed by atoms with Crippen LogP contribution in [0.25, 0.3) is 22.5 Å². The van der Waals surface area contributed by atoms with E-state index in [1.807, 2.05) is 42.5 Å². The van der Waals surface area contributed by atoms with Crippen molar-refractivity contribution in [2.24, 2.45) is 0 Å². The normalized spacial score (nSPS) is 11.1. The molecule has 0 bridgehead atoms. The van der Waals surface area contributed by atoms with E-state index in [0.29, 0.717) is 11.4 Å². The van der Waals surface area contributed by atoms with E-state index in [1.54, 1.807) is 30.3 Å². The molecule has 0 aliphatic heterocycles. The molecule has 144 valence electrons. The number of hydrogen-bond donors (Lipinski definition) is 1. The van der Waals surface area contributed by atoms with Gasteiger partial charge in [-0.2, -0.15) is 4.68 Å². The lowest BCUT2D eigenvalue weighted by atomic mass is 10.1. The van der Waals surface area contributed by atoms with Crippen LogP contribution in [0.3, 0.4) is 0 Å². The van der Waals surface area contributed by atoms with Crippen molar-refractivity contribution in [2.75, 3.05) is 12.4 Å². The highest BCUT2D eigenvalue weighted by molar-refractivity contribution is 6.02. The van der Waals surface area contributed by atoms with Gasteiger partial charge >= 0.3 is 11.8 Å². The van der Waals surface area contributed by atoms with Crippen LogP contribution in [-0.4, -0.2) is 22.8 Å². The maximum absolute atomic E-state index is 12.2. The van der Waals surface area contributed by atoms with Gasteiger partial charge in [-0.1, -0.05) is 41.5 Å². The summed E-state index contributed by atoms with van der Waals surface area (Å²) in [4.78, 5) is 23.9. The molecule has 1 heterocycles. The number of anilines is 1. The predicted octanol–water partition coefficient (Wildman–Crippen LogP) is 3.64. The minimum atomic E-state index is -0.656. The quantitative estimate of drug-likeness (QED) is 0.529. The number of benzene rings is 3. The third kappa shape index (κ3) is 4.08.